The molecular weight excluding hydrogens is 460 g/mol. The molecule has 0 saturated carbocycles. The number of benzene rings is 2. The predicted octanol–water partition coefficient (Wildman–Crippen LogP) is 3.59. The summed E-state index contributed by atoms with van der Waals surface area (Å²) in [5.41, 5.74) is 3.20. The van der Waals surface area contributed by atoms with Crippen molar-refractivity contribution in [1.29, 1.82) is 5.26 Å². The van der Waals surface area contributed by atoms with Crippen LogP contribution in [0.3, 0.4) is 0 Å². The lowest BCUT2D eigenvalue weighted by atomic mass is 9.88. The van der Waals surface area contributed by atoms with Crippen LogP contribution in [-0.2, 0) is 15.4 Å². The molecule has 180 valence electrons. The maximum atomic E-state index is 13.6. The molecule has 0 unspecified atom stereocenters. The van der Waals surface area contributed by atoms with E-state index in [1.807, 2.05) is 32.0 Å². The molecule has 35 heavy (non-hydrogen) atoms. The molecule has 2 N–H and O–H groups in total. The summed E-state index contributed by atoms with van der Waals surface area (Å²) in [6, 6.07) is 18.3. The summed E-state index contributed by atoms with van der Waals surface area (Å²) in [6.45, 7) is 8.20. The second-order valence-corrected chi connectivity index (χ2v) is 11.3. The van der Waals surface area contributed by atoms with Crippen molar-refractivity contribution in [1.82, 2.24) is 10.3 Å². The molecule has 2 aromatic carbocycles. The number of anilines is 4. The summed E-state index contributed by atoms with van der Waals surface area (Å²) < 4.78 is 28.7. The van der Waals surface area contributed by atoms with Gasteiger partial charge in [-0.15, -0.1) is 0 Å². The van der Waals surface area contributed by atoms with Gasteiger partial charge in [0.05, 0.1) is 11.3 Å². The van der Waals surface area contributed by atoms with Crippen LogP contribution in [0.4, 0.5) is 22.9 Å². The monoisotopic (exact) mass is 488 g/mol. The molecule has 1 fully saturated rings. The van der Waals surface area contributed by atoms with E-state index in [1.165, 1.54) is 22.1 Å². The molecule has 1 saturated heterocycles. The van der Waals surface area contributed by atoms with E-state index in [0.717, 1.165) is 37.4 Å². The standard InChI is InChI=1S/C26H28N6O2S/c1-26(2)18-32(35(33,34)24-6-4-3-5-19(24)16-27)23-15-25(29-17-22(23)26)30-20-7-9-21(10-8-20)31-13-11-28-12-14-31/h3-10,15,17,28H,11-14,18H2,1-2H3,(H,29,30). The first-order valence-corrected chi connectivity index (χ1v) is 13.1. The number of nitrogens with zero attached hydrogens (tertiary/aromatic N) is 4. The van der Waals surface area contributed by atoms with Gasteiger partial charge in [-0.2, -0.15) is 5.26 Å². The summed E-state index contributed by atoms with van der Waals surface area (Å²) >= 11 is 0. The van der Waals surface area contributed by atoms with Crippen LogP contribution in [0.25, 0.3) is 0 Å². The van der Waals surface area contributed by atoms with E-state index >= 15 is 0 Å². The fourth-order valence-electron chi connectivity index (χ4n) is 4.71. The number of sulfonamides is 1. The van der Waals surface area contributed by atoms with Crippen LogP contribution >= 0.6 is 0 Å². The summed E-state index contributed by atoms with van der Waals surface area (Å²) in [5.74, 6) is 0.560. The topological polar surface area (TPSA) is 101 Å². The van der Waals surface area contributed by atoms with Gasteiger partial charge in [0.1, 0.15) is 16.8 Å². The van der Waals surface area contributed by atoms with Gasteiger partial charge in [0.2, 0.25) is 0 Å². The zero-order valence-electron chi connectivity index (χ0n) is 19.8. The fraction of sp³-hybridized carbons (Fsp3) is 0.308. The molecule has 1 aromatic heterocycles. The van der Waals surface area contributed by atoms with Crippen molar-refractivity contribution < 1.29 is 8.42 Å². The molecule has 8 nitrogen and oxygen atoms in total. The minimum atomic E-state index is -3.93. The van der Waals surface area contributed by atoms with Gasteiger partial charge in [-0.05, 0) is 36.4 Å². The predicted molar refractivity (Wildman–Crippen MR) is 138 cm³/mol. The summed E-state index contributed by atoms with van der Waals surface area (Å²) in [6.07, 6.45) is 1.75. The van der Waals surface area contributed by atoms with Crippen molar-refractivity contribution in [3.8, 4) is 6.07 Å². The van der Waals surface area contributed by atoms with Crippen LogP contribution in [-0.4, -0.2) is 46.1 Å². The Morgan fingerprint density at radius 1 is 1.09 bits per heavy atom. The number of nitrogens with one attached hydrogen (secondary N) is 2. The zero-order valence-corrected chi connectivity index (χ0v) is 20.6. The molecule has 9 heteroatoms. The highest BCUT2D eigenvalue weighted by Gasteiger charge is 2.42. The third-order valence-corrected chi connectivity index (χ3v) is 8.43. The molecule has 0 aliphatic carbocycles. The van der Waals surface area contributed by atoms with Crippen LogP contribution in [0.1, 0.15) is 25.0 Å². The lowest BCUT2D eigenvalue weighted by molar-refractivity contribution is 0.553. The molecule has 0 spiro atoms. The Balaban J connectivity index is 1.45. The van der Waals surface area contributed by atoms with Gasteiger partial charge in [-0.3, -0.25) is 4.31 Å². The van der Waals surface area contributed by atoms with Gasteiger partial charge in [0.15, 0.2) is 0 Å². The summed E-state index contributed by atoms with van der Waals surface area (Å²) in [4.78, 5) is 6.93. The van der Waals surface area contributed by atoms with Crippen LogP contribution in [0.15, 0.2) is 65.7 Å². The largest absolute Gasteiger partial charge is 0.369 e. The van der Waals surface area contributed by atoms with Crippen LogP contribution in [0.2, 0.25) is 0 Å². The Hall–Kier alpha value is -3.61. The van der Waals surface area contributed by atoms with E-state index in [-0.39, 0.29) is 17.0 Å². The minimum Gasteiger partial charge on any atom is -0.369 e. The molecule has 0 atom stereocenters. The Morgan fingerprint density at radius 2 is 1.80 bits per heavy atom. The van der Waals surface area contributed by atoms with Gasteiger partial charge in [0, 0.05) is 67.3 Å². The van der Waals surface area contributed by atoms with Crippen LogP contribution in [0.5, 0.6) is 0 Å². The maximum absolute atomic E-state index is 13.6. The Labute approximate surface area is 206 Å². The van der Waals surface area contributed by atoms with E-state index < -0.39 is 15.4 Å². The molecular formula is C26H28N6O2S. The first kappa shape index (κ1) is 23.1. The van der Waals surface area contributed by atoms with Gasteiger partial charge >= 0.3 is 0 Å². The van der Waals surface area contributed by atoms with E-state index in [9.17, 15) is 13.7 Å². The molecule has 3 heterocycles. The van der Waals surface area contributed by atoms with E-state index in [2.05, 4.69) is 32.7 Å². The average molecular weight is 489 g/mol. The minimum absolute atomic E-state index is 0.0148. The van der Waals surface area contributed by atoms with Crippen molar-refractivity contribution in [3.63, 3.8) is 0 Å². The van der Waals surface area contributed by atoms with Gasteiger partial charge in [-0.1, -0.05) is 26.0 Å². The summed E-state index contributed by atoms with van der Waals surface area (Å²) in [5, 5.41) is 16.1. The van der Waals surface area contributed by atoms with Crippen molar-refractivity contribution in [3.05, 3.63) is 71.9 Å². The van der Waals surface area contributed by atoms with Crippen molar-refractivity contribution in [2.45, 2.75) is 24.2 Å². The van der Waals surface area contributed by atoms with Gasteiger partial charge in [0.25, 0.3) is 10.0 Å². The SMILES string of the molecule is CC1(C)CN(S(=O)(=O)c2ccccc2C#N)c2cc(Nc3ccc(N4CCNCC4)cc3)ncc21. The Kier molecular flexibility index (Phi) is 5.87. The Bertz CT molecular complexity index is 1390. The highest BCUT2D eigenvalue weighted by molar-refractivity contribution is 7.93. The maximum Gasteiger partial charge on any atom is 0.265 e. The van der Waals surface area contributed by atoms with E-state index in [1.54, 1.807) is 24.4 Å². The second kappa shape index (κ2) is 8.87. The lowest BCUT2D eigenvalue weighted by Crippen LogP contribution is -2.43. The number of nitriles is 1. The van der Waals surface area contributed by atoms with Crippen molar-refractivity contribution >= 4 is 32.9 Å². The van der Waals surface area contributed by atoms with Crippen LogP contribution in [0, 0.1) is 11.3 Å². The average Bonchev–Trinajstić information content (AvgIpc) is 3.15. The molecule has 3 aromatic rings. The van der Waals surface area contributed by atoms with Crippen molar-refractivity contribution in [2.24, 2.45) is 0 Å². The zero-order chi connectivity index (χ0) is 24.6. The second-order valence-electron chi connectivity index (χ2n) is 9.50. The highest BCUT2D eigenvalue weighted by Crippen LogP contribution is 2.44. The number of piperazine rings is 1. The van der Waals surface area contributed by atoms with E-state index in [0.29, 0.717) is 11.5 Å². The number of pyridine rings is 1. The molecule has 0 radical (unpaired) electrons. The molecule has 2 aliphatic rings. The quantitative estimate of drug-likeness (QED) is 0.566. The van der Waals surface area contributed by atoms with E-state index in [4.69, 9.17) is 0 Å². The third-order valence-electron chi connectivity index (χ3n) is 6.62. The van der Waals surface area contributed by atoms with Crippen molar-refractivity contribution in [2.75, 3.05) is 47.2 Å². The number of hydrogen-bond acceptors (Lipinski definition) is 7. The molecule has 0 amide bonds. The van der Waals surface area contributed by atoms with Crippen LogP contribution < -0.4 is 19.8 Å². The number of hydrogen-bond donors (Lipinski definition) is 2. The number of fused-ring (bicyclic) bond motifs is 1. The Morgan fingerprint density at radius 3 is 2.51 bits per heavy atom. The first-order valence-electron chi connectivity index (χ1n) is 11.6. The van der Waals surface area contributed by atoms with Gasteiger partial charge < -0.3 is 15.5 Å². The summed E-state index contributed by atoms with van der Waals surface area (Å²) in [7, 11) is -3.93. The molecule has 0 bridgehead atoms. The molecule has 2 aliphatic heterocycles. The smallest absolute Gasteiger partial charge is 0.265 e. The molecule has 5 rings (SSSR count). The first-order chi connectivity index (χ1) is 16.8. The fourth-order valence-corrected chi connectivity index (χ4v) is 6.50. The third kappa shape index (κ3) is 4.31. The highest BCUT2D eigenvalue weighted by atomic mass is 32.2. The lowest BCUT2D eigenvalue weighted by Gasteiger charge is -2.29. The van der Waals surface area contributed by atoms with Gasteiger partial charge in [-0.25, -0.2) is 13.4 Å². The number of rotatable bonds is 5. The normalized spacial score (nSPS) is 17.1. The number of aromatic nitrogens is 1.